The Labute approximate surface area is 169 Å². The molecule has 1 aliphatic heterocycles. The first-order valence-electron chi connectivity index (χ1n) is 9.57. The van der Waals surface area contributed by atoms with Crippen LogP contribution in [0.2, 0.25) is 0 Å². The van der Waals surface area contributed by atoms with Gasteiger partial charge in [-0.15, -0.1) is 0 Å². The molecule has 6 nitrogen and oxygen atoms in total. The number of benzene rings is 2. The smallest absolute Gasteiger partial charge is 0.307 e. The van der Waals surface area contributed by atoms with E-state index in [2.05, 4.69) is 10.2 Å². The first kappa shape index (κ1) is 21.0. The Morgan fingerprint density at radius 1 is 1.17 bits per heavy atom. The monoisotopic (exact) mass is 400 g/mol. The number of hydrogen-bond donors (Lipinski definition) is 1. The summed E-state index contributed by atoms with van der Waals surface area (Å²) in [5, 5.41) is 2.87. The van der Waals surface area contributed by atoms with Crippen LogP contribution in [0.1, 0.15) is 33.9 Å². The summed E-state index contributed by atoms with van der Waals surface area (Å²) < 4.78 is 23.4. The highest BCUT2D eigenvalue weighted by molar-refractivity contribution is 5.94. The zero-order valence-electron chi connectivity index (χ0n) is 16.4. The average Bonchev–Trinajstić information content (AvgIpc) is 2.74. The van der Waals surface area contributed by atoms with E-state index in [4.69, 9.17) is 9.47 Å². The van der Waals surface area contributed by atoms with E-state index in [1.165, 1.54) is 19.2 Å². The maximum Gasteiger partial charge on any atom is 0.307 e. The fraction of sp³-hybridized carbons (Fsp3) is 0.364. The van der Waals surface area contributed by atoms with Crippen molar-refractivity contribution in [1.29, 1.82) is 0 Å². The molecule has 0 saturated carbocycles. The summed E-state index contributed by atoms with van der Waals surface area (Å²) in [7, 11) is 1.29. The molecule has 1 aliphatic rings. The van der Waals surface area contributed by atoms with Gasteiger partial charge in [0.15, 0.2) is 0 Å². The number of nitrogens with zero attached hydrogens (tertiary/aromatic N) is 1. The molecule has 1 amide bonds. The van der Waals surface area contributed by atoms with Crippen molar-refractivity contribution in [1.82, 2.24) is 10.2 Å². The SMILES string of the molecule is COC(=O)CC(NC(=O)c1cccc(CN2CCOCC2)c1)c1ccc(F)cc1. The van der Waals surface area contributed by atoms with Gasteiger partial charge in [-0.25, -0.2) is 4.39 Å². The number of rotatable bonds is 7. The Balaban J connectivity index is 1.72. The molecule has 1 heterocycles. The summed E-state index contributed by atoms with van der Waals surface area (Å²) in [5.41, 5.74) is 2.17. The molecule has 1 saturated heterocycles. The van der Waals surface area contributed by atoms with E-state index in [-0.39, 0.29) is 18.1 Å². The van der Waals surface area contributed by atoms with Gasteiger partial charge < -0.3 is 14.8 Å². The highest BCUT2D eigenvalue weighted by Gasteiger charge is 2.20. The summed E-state index contributed by atoms with van der Waals surface area (Å²) in [6.45, 7) is 3.90. The van der Waals surface area contributed by atoms with Gasteiger partial charge in [0.2, 0.25) is 0 Å². The molecule has 1 fully saturated rings. The normalized spacial score (nSPS) is 15.5. The number of carbonyl (C=O) groups excluding carboxylic acids is 2. The Kier molecular flexibility index (Phi) is 7.32. The maximum atomic E-state index is 13.3. The average molecular weight is 400 g/mol. The minimum absolute atomic E-state index is 0.0403. The number of carbonyl (C=O) groups is 2. The minimum Gasteiger partial charge on any atom is -0.469 e. The standard InChI is InChI=1S/C22H25FN2O4/c1-28-21(26)14-20(17-5-7-19(23)8-6-17)24-22(27)18-4-2-3-16(13-18)15-25-9-11-29-12-10-25/h2-8,13,20H,9-12,14-15H2,1H3,(H,24,27). The van der Waals surface area contributed by atoms with Crippen molar-refractivity contribution in [3.8, 4) is 0 Å². The van der Waals surface area contributed by atoms with Crippen LogP contribution in [0.4, 0.5) is 4.39 Å². The number of hydrogen-bond acceptors (Lipinski definition) is 5. The molecule has 3 rings (SSSR count). The van der Waals surface area contributed by atoms with Crippen LogP contribution >= 0.6 is 0 Å². The lowest BCUT2D eigenvalue weighted by molar-refractivity contribution is -0.141. The largest absolute Gasteiger partial charge is 0.469 e. The summed E-state index contributed by atoms with van der Waals surface area (Å²) in [4.78, 5) is 26.9. The van der Waals surface area contributed by atoms with Gasteiger partial charge >= 0.3 is 5.97 Å². The number of halogens is 1. The van der Waals surface area contributed by atoms with Gasteiger partial charge in [0, 0.05) is 25.2 Å². The second-order valence-corrected chi connectivity index (χ2v) is 6.95. The molecule has 1 atom stereocenters. The maximum absolute atomic E-state index is 13.3. The topological polar surface area (TPSA) is 67.9 Å². The van der Waals surface area contributed by atoms with Gasteiger partial charge in [-0.1, -0.05) is 24.3 Å². The fourth-order valence-corrected chi connectivity index (χ4v) is 3.27. The van der Waals surface area contributed by atoms with E-state index < -0.39 is 12.0 Å². The third kappa shape index (κ3) is 6.10. The summed E-state index contributed by atoms with van der Waals surface area (Å²) in [6.07, 6.45) is -0.0403. The highest BCUT2D eigenvalue weighted by atomic mass is 19.1. The van der Waals surface area contributed by atoms with E-state index >= 15 is 0 Å². The van der Waals surface area contributed by atoms with Crippen molar-refractivity contribution in [2.75, 3.05) is 33.4 Å². The quantitative estimate of drug-likeness (QED) is 0.724. The third-order valence-corrected chi connectivity index (χ3v) is 4.88. The lowest BCUT2D eigenvalue weighted by atomic mass is 10.0. The Hall–Kier alpha value is -2.77. The predicted molar refractivity (Wildman–Crippen MR) is 106 cm³/mol. The van der Waals surface area contributed by atoms with Gasteiger partial charge in [-0.3, -0.25) is 14.5 Å². The second kappa shape index (κ2) is 10.1. The van der Waals surface area contributed by atoms with Crippen molar-refractivity contribution >= 4 is 11.9 Å². The lowest BCUT2D eigenvalue weighted by Crippen LogP contribution is -2.35. The number of morpholine rings is 1. The van der Waals surface area contributed by atoms with Crippen molar-refractivity contribution in [2.24, 2.45) is 0 Å². The summed E-state index contributed by atoms with van der Waals surface area (Å²) >= 11 is 0. The van der Waals surface area contributed by atoms with Crippen molar-refractivity contribution in [3.63, 3.8) is 0 Å². The first-order valence-corrected chi connectivity index (χ1v) is 9.57. The van der Waals surface area contributed by atoms with Crippen molar-refractivity contribution in [2.45, 2.75) is 19.0 Å². The summed E-state index contributed by atoms with van der Waals surface area (Å²) in [6, 6.07) is 12.5. The van der Waals surface area contributed by atoms with Gasteiger partial charge in [-0.2, -0.15) is 0 Å². The predicted octanol–water partition coefficient (Wildman–Crippen LogP) is 2.69. The first-order chi connectivity index (χ1) is 14.0. The van der Waals surface area contributed by atoms with E-state index in [0.717, 1.165) is 25.2 Å². The van der Waals surface area contributed by atoms with Crippen molar-refractivity contribution in [3.05, 3.63) is 71.0 Å². The molecule has 0 spiro atoms. The Morgan fingerprint density at radius 2 is 1.90 bits per heavy atom. The molecule has 0 bridgehead atoms. The van der Waals surface area contributed by atoms with Crippen LogP contribution < -0.4 is 5.32 Å². The van der Waals surface area contributed by atoms with E-state index in [1.807, 2.05) is 18.2 Å². The van der Waals surface area contributed by atoms with E-state index in [9.17, 15) is 14.0 Å². The number of nitrogens with one attached hydrogen (secondary N) is 1. The van der Waals surface area contributed by atoms with Crippen molar-refractivity contribution < 1.29 is 23.5 Å². The molecule has 7 heteroatoms. The van der Waals surface area contributed by atoms with Gasteiger partial charge in [0.1, 0.15) is 5.82 Å². The van der Waals surface area contributed by atoms with Crippen LogP contribution in [-0.4, -0.2) is 50.2 Å². The van der Waals surface area contributed by atoms with E-state index in [0.29, 0.717) is 24.3 Å². The fourth-order valence-electron chi connectivity index (χ4n) is 3.27. The highest BCUT2D eigenvalue weighted by Crippen LogP contribution is 2.19. The molecule has 0 aromatic heterocycles. The molecule has 0 radical (unpaired) electrons. The molecule has 1 unspecified atom stereocenters. The molecule has 2 aromatic rings. The van der Waals surface area contributed by atoms with Crippen LogP contribution in [-0.2, 0) is 20.8 Å². The summed E-state index contributed by atoms with van der Waals surface area (Å²) in [5.74, 6) is -1.14. The minimum atomic E-state index is -0.613. The zero-order chi connectivity index (χ0) is 20.6. The van der Waals surface area contributed by atoms with Crippen LogP contribution in [0.3, 0.4) is 0 Å². The lowest BCUT2D eigenvalue weighted by Gasteiger charge is -2.26. The number of esters is 1. The number of amides is 1. The third-order valence-electron chi connectivity index (χ3n) is 4.88. The van der Waals surface area contributed by atoms with Gasteiger partial charge in [0.05, 0.1) is 32.8 Å². The molecular weight excluding hydrogens is 375 g/mol. The molecule has 2 aromatic carbocycles. The van der Waals surface area contributed by atoms with Crippen LogP contribution in [0.5, 0.6) is 0 Å². The molecular formula is C22H25FN2O4. The van der Waals surface area contributed by atoms with Gasteiger partial charge in [0.25, 0.3) is 5.91 Å². The number of methoxy groups -OCH3 is 1. The second-order valence-electron chi connectivity index (χ2n) is 6.95. The molecule has 1 N–H and O–H groups in total. The molecule has 29 heavy (non-hydrogen) atoms. The van der Waals surface area contributed by atoms with Crippen LogP contribution in [0.15, 0.2) is 48.5 Å². The Bertz CT molecular complexity index is 835. The van der Waals surface area contributed by atoms with Crippen LogP contribution in [0, 0.1) is 5.82 Å². The molecule has 0 aliphatic carbocycles. The Morgan fingerprint density at radius 3 is 2.59 bits per heavy atom. The van der Waals surface area contributed by atoms with Crippen LogP contribution in [0.25, 0.3) is 0 Å². The van der Waals surface area contributed by atoms with Gasteiger partial charge in [-0.05, 0) is 35.4 Å². The molecule has 154 valence electrons. The number of ether oxygens (including phenoxy) is 2. The zero-order valence-corrected chi connectivity index (χ0v) is 16.4. The van der Waals surface area contributed by atoms with E-state index in [1.54, 1.807) is 18.2 Å².